The van der Waals surface area contributed by atoms with Gasteiger partial charge in [0.25, 0.3) is 0 Å². The smallest absolute Gasteiger partial charge is 0.234 e. The summed E-state index contributed by atoms with van der Waals surface area (Å²) in [6.45, 7) is 6.50. The third-order valence-electron chi connectivity index (χ3n) is 5.64. The first-order valence-electron chi connectivity index (χ1n) is 10.4. The van der Waals surface area contributed by atoms with Gasteiger partial charge in [-0.3, -0.25) is 14.6 Å². The van der Waals surface area contributed by atoms with E-state index >= 15 is 0 Å². The summed E-state index contributed by atoms with van der Waals surface area (Å²) in [6, 6.07) is 12.9. The van der Waals surface area contributed by atoms with E-state index in [9.17, 15) is 9.18 Å². The number of nitrogens with one attached hydrogen (secondary N) is 1. The molecule has 5 nitrogen and oxygen atoms in total. The van der Waals surface area contributed by atoms with Crippen molar-refractivity contribution >= 4 is 5.91 Å². The van der Waals surface area contributed by atoms with E-state index in [-0.39, 0.29) is 11.7 Å². The lowest BCUT2D eigenvalue weighted by Gasteiger charge is -2.34. The summed E-state index contributed by atoms with van der Waals surface area (Å²) in [6.07, 6.45) is 1.72. The maximum atomic E-state index is 12.9. The van der Waals surface area contributed by atoms with Crippen LogP contribution in [0.3, 0.4) is 0 Å². The molecular weight excluding hydrogens is 369 g/mol. The number of piperazine rings is 1. The van der Waals surface area contributed by atoms with Crippen LogP contribution in [0, 0.1) is 5.82 Å². The number of nitrogens with zero attached hydrogens (tertiary/aromatic N) is 2. The Balaban J connectivity index is 1.15. The van der Waals surface area contributed by atoms with Crippen LogP contribution in [0.15, 0.2) is 42.5 Å². The van der Waals surface area contributed by atoms with E-state index in [1.165, 1.54) is 23.3 Å². The van der Waals surface area contributed by atoms with E-state index in [4.69, 9.17) is 4.74 Å². The molecule has 2 aromatic carbocycles. The van der Waals surface area contributed by atoms with Crippen molar-refractivity contribution in [1.82, 2.24) is 15.1 Å². The van der Waals surface area contributed by atoms with Gasteiger partial charge in [-0.1, -0.05) is 24.3 Å². The molecule has 2 aliphatic rings. The summed E-state index contributed by atoms with van der Waals surface area (Å²) in [5, 5.41) is 2.97. The lowest BCUT2D eigenvalue weighted by Crippen LogP contribution is -2.49. The third kappa shape index (κ3) is 5.55. The maximum Gasteiger partial charge on any atom is 0.234 e. The van der Waals surface area contributed by atoms with Gasteiger partial charge >= 0.3 is 0 Å². The Hall–Kier alpha value is -2.44. The van der Waals surface area contributed by atoms with Crippen molar-refractivity contribution in [1.29, 1.82) is 0 Å². The molecule has 29 heavy (non-hydrogen) atoms. The molecule has 6 heteroatoms. The Bertz CT molecular complexity index is 833. The lowest BCUT2D eigenvalue weighted by atomic mass is 10.1. The van der Waals surface area contributed by atoms with Gasteiger partial charge in [-0.15, -0.1) is 0 Å². The topological polar surface area (TPSA) is 44.8 Å². The van der Waals surface area contributed by atoms with Crippen LogP contribution in [-0.4, -0.2) is 61.6 Å². The molecular formula is C23H28FN3O2. The van der Waals surface area contributed by atoms with Crippen molar-refractivity contribution < 1.29 is 13.9 Å². The molecule has 1 saturated heterocycles. The van der Waals surface area contributed by atoms with Gasteiger partial charge in [-0.2, -0.15) is 0 Å². The standard InChI is InChI=1S/C23H28FN3O2/c24-21-4-1-18(2-5-21)7-9-25-23(28)17-27-12-10-26(11-13-27)16-19-3-6-22-20(15-19)8-14-29-22/h1-6,15H,7-14,16-17H2,(H,25,28). The number of halogens is 1. The van der Waals surface area contributed by atoms with E-state index in [0.29, 0.717) is 19.5 Å². The number of fused-ring (bicyclic) bond motifs is 1. The minimum absolute atomic E-state index is 0.0548. The SMILES string of the molecule is O=C(CN1CCN(Cc2ccc3c(c2)CCO3)CC1)NCCc1ccc(F)cc1. The average Bonchev–Trinajstić information content (AvgIpc) is 3.19. The highest BCUT2D eigenvalue weighted by Crippen LogP contribution is 2.26. The Labute approximate surface area is 171 Å². The molecule has 2 aliphatic heterocycles. The summed E-state index contributed by atoms with van der Waals surface area (Å²) in [5.41, 5.74) is 3.68. The van der Waals surface area contributed by atoms with E-state index in [2.05, 4.69) is 33.3 Å². The summed E-state index contributed by atoms with van der Waals surface area (Å²) in [7, 11) is 0. The van der Waals surface area contributed by atoms with Crippen molar-refractivity contribution in [3.05, 3.63) is 65.0 Å². The number of carbonyl (C=O) groups is 1. The fourth-order valence-corrected chi connectivity index (χ4v) is 3.96. The van der Waals surface area contributed by atoms with Crippen molar-refractivity contribution in [2.45, 2.75) is 19.4 Å². The predicted molar refractivity (Wildman–Crippen MR) is 110 cm³/mol. The van der Waals surface area contributed by atoms with Crippen LogP contribution < -0.4 is 10.1 Å². The van der Waals surface area contributed by atoms with Crippen molar-refractivity contribution in [3.63, 3.8) is 0 Å². The van der Waals surface area contributed by atoms with Gasteiger partial charge in [-0.25, -0.2) is 4.39 Å². The molecule has 0 unspecified atom stereocenters. The molecule has 0 spiro atoms. The number of hydrogen-bond acceptors (Lipinski definition) is 4. The largest absolute Gasteiger partial charge is 0.493 e. The molecule has 4 rings (SSSR count). The first-order valence-corrected chi connectivity index (χ1v) is 10.4. The number of rotatable bonds is 7. The zero-order valence-electron chi connectivity index (χ0n) is 16.7. The molecule has 0 bridgehead atoms. The van der Waals surface area contributed by atoms with Crippen LogP contribution in [0.4, 0.5) is 4.39 Å². The fourth-order valence-electron chi connectivity index (χ4n) is 3.96. The highest BCUT2D eigenvalue weighted by molar-refractivity contribution is 5.78. The summed E-state index contributed by atoms with van der Waals surface area (Å²) >= 11 is 0. The second-order valence-corrected chi connectivity index (χ2v) is 7.82. The average molecular weight is 397 g/mol. The van der Waals surface area contributed by atoms with Gasteiger partial charge in [0.05, 0.1) is 13.2 Å². The van der Waals surface area contributed by atoms with Gasteiger partial charge in [0.1, 0.15) is 11.6 Å². The fraction of sp³-hybridized carbons (Fsp3) is 0.435. The zero-order chi connectivity index (χ0) is 20.1. The molecule has 0 aliphatic carbocycles. The molecule has 1 amide bonds. The molecule has 0 aromatic heterocycles. The second kappa shape index (κ2) is 9.37. The number of amides is 1. The van der Waals surface area contributed by atoms with Crippen LogP contribution in [0.2, 0.25) is 0 Å². The lowest BCUT2D eigenvalue weighted by molar-refractivity contribution is -0.122. The Morgan fingerprint density at radius 3 is 2.52 bits per heavy atom. The van der Waals surface area contributed by atoms with E-state index in [1.54, 1.807) is 12.1 Å². The van der Waals surface area contributed by atoms with Crippen LogP contribution in [0.1, 0.15) is 16.7 Å². The monoisotopic (exact) mass is 397 g/mol. The van der Waals surface area contributed by atoms with E-state index < -0.39 is 0 Å². The quantitative estimate of drug-likeness (QED) is 0.778. The summed E-state index contributed by atoms with van der Waals surface area (Å²) < 4.78 is 18.5. The van der Waals surface area contributed by atoms with E-state index in [1.807, 2.05) is 0 Å². The van der Waals surface area contributed by atoms with Gasteiger partial charge < -0.3 is 10.1 Å². The second-order valence-electron chi connectivity index (χ2n) is 7.82. The summed E-state index contributed by atoms with van der Waals surface area (Å²) in [5.74, 6) is 0.852. The van der Waals surface area contributed by atoms with Crippen molar-refractivity contribution in [3.8, 4) is 5.75 Å². The Morgan fingerprint density at radius 2 is 1.72 bits per heavy atom. The van der Waals surface area contributed by atoms with Crippen LogP contribution in [0.5, 0.6) is 5.75 Å². The van der Waals surface area contributed by atoms with Crippen molar-refractivity contribution in [2.75, 3.05) is 45.9 Å². The van der Waals surface area contributed by atoms with Gasteiger partial charge in [0.15, 0.2) is 0 Å². The Morgan fingerprint density at radius 1 is 1.00 bits per heavy atom. The minimum atomic E-state index is -0.234. The number of carbonyl (C=O) groups excluding carboxylic acids is 1. The highest BCUT2D eigenvalue weighted by atomic mass is 19.1. The minimum Gasteiger partial charge on any atom is -0.493 e. The molecule has 154 valence electrons. The molecule has 1 fully saturated rings. The normalized spacial score (nSPS) is 17.0. The molecule has 2 aromatic rings. The molecule has 0 saturated carbocycles. The first kappa shape index (κ1) is 19.9. The van der Waals surface area contributed by atoms with E-state index in [0.717, 1.165) is 57.1 Å². The highest BCUT2D eigenvalue weighted by Gasteiger charge is 2.20. The summed E-state index contributed by atoms with van der Waals surface area (Å²) in [4.78, 5) is 16.9. The number of hydrogen-bond donors (Lipinski definition) is 1. The van der Waals surface area contributed by atoms with Crippen LogP contribution in [0.25, 0.3) is 0 Å². The molecule has 1 N–H and O–H groups in total. The van der Waals surface area contributed by atoms with Crippen molar-refractivity contribution in [2.24, 2.45) is 0 Å². The number of benzene rings is 2. The first-order chi connectivity index (χ1) is 14.2. The third-order valence-corrected chi connectivity index (χ3v) is 5.64. The predicted octanol–water partition coefficient (Wildman–Crippen LogP) is 2.24. The zero-order valence-corrected chi connectivity index (χ0v) is 16.7. The van der Waals surface area contributed by atoms with Gasteiger partial charge in [-0.05, 0) is 41.3 Å². The molecule has 2 heterocycles. The van der Waals surface area contributed by atoms with Crippen LogP contribution >= 0.6 is 0 Å². The van der Waals surface area contributed by atoms with Crippen LogP contribution in [-0.2, 0) is 24.2 Å². The molecule has 0 atom stereocenters. The van der Waals surface area contributed by atoms with Gasteiger partial charge in [0, 0.05) is 45.7 Å². The van der Waals surface area contributed by atoms with Gasteiger partial charge in [0.2, 0.25) is 5.91 Å². The molecule has 0 radical (unpaired) electrons. The maximum absolute atomic E-state index is 12.9. The Kier molecular flexibility index (Phi) is 6.42. The number of ether oxygens (including phenoxy) is 1.